The molecule has 2 atom stereocenters. The van der Waals surface area contributed by atoms with Crippen LogP contribution in [0, 0.1) is 5.92 Å². The number of nitrogens with two attached hydrogens (primary N) is 1. The third kappa shape index (κ3) is 2.71. The molecule has 17 heavy (non-hydrogen) atoms. The molecule has 1 saturated carbocycles. The van der Waals surface area contributed by atoms with E-state index >= 15 is 0 Å². The minimum absolute atomic E-state index is 0.128. The predicted octanol–water partition coefficient (Wildman–Crippen LogP) is 3.43. The average molecular weight is 235 g/mol. The van der Waals surface area contributed by atoms with Crippen molar-refractivity contribution in [3.8, 4) is 0 Å². The molecule has 0 bridgehead atoms. The lowest BCUT2D eigenvalue weighted by Crippen LogP contribution is -2.23. The molecule has 0 amide bonds. The van der Waals surface area contributed by atoms with Crippen molar-refractivity contribution in [3.63, 3.8) is 0 Å². The van der Waals surface area contributed by atoms with E-state index in [0.29, 0.717) is 6.04 Å². The minimum atomic E-state index is 0.128. The molecular weight excluding hydrogens is 210 g/mol. The average Bonchev–Trinajstić information content (AvgIpc) is 2.87. The summed E-state index contributed by atoms with van der Waals surface area (Å²) in [6.07, 6.45) is 11.8. The second kappa shape index (κ2) is 5.67. The Hall–Kier alpha value is -0.830. The number of aromatic nitrogens is 2. The minimum Gasteiger partial charge on any atom is -0.330 e. The second-order valence-electron chi connectivity index (χ2n) is 5.38. The molecule has 0 aliphatic heterocycles. The van der Waals surface area contributed by atoms with E-state index in [0.717, 1.165) is 12.3 Å². The van der Waals surface area contributed by atoms with Crippen LogP contribution in [0.3, 0.4) is 0 Å². The summed E-state index contributed by atoms with van der Waals surface area (Å²) in [5.41, 5.74) is 7.35. The Morgan fingerprint density at radius 2 is 2.12 bits per heavy atom. The molecule has 96 valence electrons. The monoisotopic (exact) mass is 235 g/mol. The van der Waals surface area contributed by atoms with Crippen molar-refractivity contribution < 1.29 is 0 Å². The molecule has 2 N–H and O–H groups in total. The van der Waals surface area contributed by atoms with Crippen molar-refractivity contribution in [2.75, 3.05) is 0 Å². The standard InChI is InChI=1S/C14H25N3/c1-3-13(15)14-9-16-10-17(14)11(2)12-7-5-4-6-8-12/h9-13H,3-8,15H2,1-2H3/t11?,13-/m1/s1. The van der Waals surface area contributed by atoms with E-state index < -0.39 is 0 Å². The molecule has 3 heteroatoms. The zero-order valence-corrected chi connectivity index (χ0v) is 11.1. The van der Waals surface area contributed by atoms with Gasteiger partial charge in [-0.15, -0.1) is 0 Å². The smallest absolute Gasteiger partial charge is 0.0951 e. The maximum atomic E-state index is 6.15. The lowest BCUT2D eigenvalue weighted by molar-refractivity contribution is 0.258. The molecule has 0 aromatic carbocycles. The number of imidazole rings is 1. The van der Waals surface area contributed by atoms with E-state index in [9.17, 15) is 0 Å². The van der Waals surface area contributed by atoms with Gasteiger partial charge in [-0.05, 0) is 32.1 Å². The Bertz CT molecular complexity index is 339. The number of nitrogens with zero attached hydrogens (tertiary/aromatic N) is 2. The largest absolute Gasteiger partial charge is 0.330 e. The zero-order chi connectivity index (χ0) is 12.3. The molecule has 2 rings (SSSR count). The van der Waals surface area contributed by atoms with Crippen LogP contribution in [0.15, 0.2) is 12.5 Å². The van der Waals surface area contributed by atoms with E-state index in [2.05, 4.69) is 23.4 Å². The van der Waals surface area contributed by atoms with E-state index in [1.54, 1.807) is 0 Å². The molecule has 0 saturated heterocycles. The van der Waals surface area contributed by atoms with Gasteiger partial charge in [0.1, 0.15) is 0 Å². The summed E-state index contributed by atoms with van der Waals surface area (Å²) < 4.78 is 2.31. The maximum absolute atomic E-state index is 6.15. The van der Waals surface area contributed by atoms with Gasteiger partial charge >= 0.3 is 0 Å². The highest BCUT2D eigenvalue weighted by Gasteiger charge is 2.23. The van der Waals surface area contributed by atoms with Gasteiger partial charge in [-0.25, -0.2) is 4.98 Å². The predicted molar refractivity (Wildman–Crippen MR) is 70.7 cm³/mol. The van der Waals surface area contributed by atoms with Crippen LogP contribution in [-0.2, 0) is 0 Å². The van der Waals surface area contributed by atoms with Crippen LogP contribution in [0.2, 0.25) is 0 Å². The van der Waals surface area contributed by atoms with Crippen LogP contribution in [0.1, 0.15) is 70.2 Å². The molecule has 1 aliphatic rings. The van der Waals surface area contributed by atoms with Crippen LogP contribution >= 0.6 is 0 Å². The summed E-state index contributed by atoms with van der Waals surface area (Å²) in [5.74, 6) is 0.806. The molecule has 1 aromatic heterocycles. The van der Waals surface area contributed by atoms with Crippen molar-refractivity contribution >= 4 is 0 Å². The van der Waals surface area contributed by atoms with Crippen LogP contribution in [0.25, 0.3) is 0 Å². The summed E-state index contributed by atoms with van der Waals surface area (Å²) in [6, 6.07) is 0.675. The molecule has 0 spiro atoms. The summed E-state index contributed by atoms with van der Waals surface area (Å²) in [7, 11) is 0. The number of hydrogen-bond donors (Lipinski definition) is 1. The van der Waals surface area contributed by atoms with Gasteiger partial charge in [0.2, 0.25) is 0 Å². The lowest BCUT2D eigenvalue weighted by Gasteiger charge is -2.30. The van der Waals surface area contributed by atoms with Gasteiger partial charge in [-0.3, -0.25) is 0 Å². The van der Waals surface area contributed by atoms with Gasteiger partial charge in [0.25, 0.3) is 0 Å². The number of rotatable bonds is 4. The topological polar surface area (TPSA) is 43.8 Å². The van der Waals surface area contributed by atoms with Gasteiger partial charge in [-0.1, -0.05) is 26.2 Å². The maximum Gasteiger partial charge on any atom is 0.0951 e. The first-order valence-corrected chi connectivity index (χ1v) is 7.01. The van der Waals surface area contributed by atoms with Crippen LogP contribution < -0.4 is 5.73 Å². The molecular formula is C14H25N3. The first kappa shape index (κ1) is 12.6. The van der Waals surface area contributed by atoms with Crippen molar-refractivity contribution in [1.82, 2.24) is 9.55 Å². The van der Waals surface area contributed by atoms with Crippen LogP contribution in [-0.4, -0.2) is 9.55 Å². The van der Waals surface area contributed by atoms with Crippen molar-refractivity contribution in [2.24, 2.45) is 11.7 Å². The van der Waals surface area contributed by atoms with Gasteiger partial charge in [0.05, 0.1) is 12.0 Å². The fraction of sp³-hybridized carbons (Fsp3) is 0.786. The quantitative estimate of drug-likeness (QED) is 0.868. The summed E-state index contributed by atoms with van der Waals surface area (Å²) in [5, 5.41) is 0. The Kier molecular flexibility index (Phi) is 4.21. The Morgan fingerprint density at radius 3 is 2.76 bits per heavy atom. The SMILES string of the molecule is CC[C@@H](N)c1cncn1C(C)C1CCCCC1. The van der Waals surface area contributed by atoms with Gasteiger partial charge < -0.3 is 10.3 Å². The van der Waals surface area contributed by atoms with E-state index in [4.69, 9.17) is 5.73 Å². The van der Waals surface area contributed by atoms with Crippen molar-refractivity contribution in [2.45, 2.75) is 64.5 Å². The first-order chi connectivity index (χ1) is 8.24. The normalized spacial score (nSPS) is 21.4. The third-order valence-electron chi connectivity index (χ3n) is 4.29. The van der Waals surface area contributed by atoms with Crippen molar-refractivity contribution in [1.29, 1.82) is 0 Å². The van der Waals surface area contributed by atoms with Crippen LogP contribution in [0.5, 0.6) is 0 Å². The van der Waals surface area contributed by atoms with Crippen molar-refractivity contribution in [3.05, 3.63) is 18.2 Å². The molecule has 3 nitrogen and oxygen atoms in total. The van der Waals surface area contributed by atoms with E-state index in [1.165, 1.54) is 37.8 Å². The van der Waals surface area contributed by atoms with Gasteiger partial charge in [0.15, 0.2) is 0 Å². The highest BCUT2D eigenvalue weighted by Crippen LogP contribution is 2.34. The second-order valence-corrected chi connectivity index (χ2v) is 5.38. The Labute approximate surface area is 104 Å². The molecule has 0 radical (unpaired) electrons. The molecule has 1 aromatic rings. The molecule has 1 aliphatic carbocycles. The summed E-state index contributed by atoms with van der Waals surface area (Å²) in [6.45, 7) is 4.46. The fourth-order valence-electron chi connectivity index (χ4n) is 3.00. The zero-order valence-electron chi connectivity index (χ0n) is 11.1. The molecule has 1 unspecified atom stereocenters. The Morgan fingerprint density at radius 1 is 1.41 bits per heavy atom. The highest BCUT2D eigenvalue weighted by atomic mass is 15.1. The van der Waals surface area contributed by atoms with Gasteiger partial charge in [-0.2, -0.15) is 0 Å². The Balaban J connectivity index is 2.12. The van der Waals surface area contributed by atoms with E-state index in [1.807, 2.05) is 12.5 Å². The fourth-order valence-corrected chi connectivity index (χ4v) is 3.00. The van der Waals surface area contributed by atoms with E-state index in [-0.39, 0.29) is 6.04 Å². The summed E-state index contributed by atoms with van der Waals surface area (Å²) in [4.78, 5) is 4.29. The molecule has 1 fully saturated rings. The highest BCUT2D eigenvalue weighted by molar-refractivity contribution is 5.06. The number of hydrogen-bond acceptors (Lipinski definition) is 2. The lowest BCUT2D eigenvalue weighted by atomic mass is 9.84. The van der Waals surface area contributed by atoms with Crippen LogP contribution in [0.4, 0.5) is 0 Å². The van der Waals surface area contributed by atoms with Gasteiger partial charge in [0, 0.05) is 18.3 Å². The molecule has 1 heterocycles. The summed E-state index contributed by atoms with van der Waals surface area (Å²) >= 11 is 0. The first-order valence-electron chi connectivity index (χ1n) is 7.01. The third-order valence-corrected chi connectivity index (χ3v) is 4.29.